The molecule has 0 aromatic rings. The van der Waals surface area contributed by atoms with Crippen molar-refractivity contribution >= 4 is 35.8 Å². The number of carbonyl (C=O) groups is 3. The number of esters is 1. The quantitative estimate of drug-likeness (QED) is 0.0831. The normalized spacial score (nSPS) is 26.3. The zero-order chi connectivity index (χ0) is 33.0. The van der Waals surface area contributed by atoms with Gasteiger partial charge >= 0.3 is 5.97 Å². The number of Topliss-reactive ketones (excluding diaryl/α,β-unsaturated/α-hetero) is 1. The Kier molecular flexibility index (Phi) is 14.5. The first kappa shape index (κ1) is 36.7. The first-order chi connectivity index (χ1) is 21.6. The minimum atomic E-state index is -2.25. The van der Waals surface area contributed by atoms with Crippen LogP contribution in [0.15, 0.2) is 9.98 Å². The second-order valence-electron chi connectivity index (χ2n) is 12.5. The minimum absolute atomic E-state index is 0.156. The second kappa shape index (κ2) is 17.8. The molecule has 1 amide bonds. The molecule has 12 nitrogen and oxygen atoms in total. The zero-order valence-corrected chi connectivity index (χ0v) is 27.1. The Hall–Kier alpha value is -2.77. The summed E-state index contributed by atoms with van der Waals surface area (Å²) in [5.74, 6) is -3.41. The van der Waals surface area contributed by atoms with E-state index in [4.69, 9.17) is 20.6 Å². The summed E-state index contributed by atoms with van der Waals surface area (Å²) >= 11 is 0. The van der Waals surface area contributed by atoms with Crippen LogP contribution in [0, 0.1) is 11.3 Å². The number of guanidine groups is 1. The number of amides is 1. The Balaban J connectivity index is 1.69. The Morgan fingerprint density at radius 2 is 1.76 bits per heavy atom. The number of halogens is 1. The summed E-state index contributed by atoms with van der Waals surface area (Å²) < 4.78 is 25.8. The molecule has 13 heteroatoms. The number of nitrogens with zero attached hydrogens (tertiary/aromatic N) is 3. The van der Waals surface area contributed by atoms with Gasteiger partial charge in [0.25, 0.3) is 11.4 Å². The number of nitrogens with two attached hydrogens (primary N) is 1. The molecule has 3 aliphatic rings. The average Bonchev–Trinajstić information content (AvgIpc) is 3.60. The summed E-state index contributed by atoms with van der Waals surface area (Å²) in [7, 11) is 0. The first-order valence-corrected chi connectivity index (χ1v) is 16.8. The molecular weight excluding hydrogens is 583 g/mol. The molecule has 0 radical (unpaired) electrons. The number of aliphatic hydroxyl groups is 1. The van der Waals surface area contributed by atoms with Crippen molar-refractivity contribution in [3.8, 4) is 0 Å². The van der Waals surface area contributed by atoms with Crippen LogP contribution in [0.3, 0.4) is 0 Å². The van der Waals surface area contributed by atoms with Crippen LogP contribution >= 0.6 is 0 Å². The van der Waals surface area contributed by atoms with Crippen molar-refractivity contribution in [2.45, 2.75) is 153 Å². The van der Waals surface area contributed by atoms with E-state index in [2.05, 4.69) is 22.2 Å². The number of rotatable bonds is 21. The lowest BCUT2D eigenvalue weighted by atomic mass is 9.85. The van der Waals surface area contributed by atoms with Crippen LogP contribution in [-0.2, 0) is 23.9 Å². The molecule has 3 heterocycles. The third kappa shape index (κ3) is 9.16. The maximum atomic E-state index is 14.5. The van der Waals surface area contributed by atoms with Crippen molar-refractivity contribution in [3.05, 3.63) is 0 Å². The topological polar surface area (TPSA) is 180 Å². The van der Waals surface area contributed by atoms with Crippen LogP contribution in [0.25, 0.3) is 0 Å². The molecule has 3 unspecified atom stereocenters. The van der Waals surface area contributed by atoms with Gasteiger partial charge in [-0.25, -0.2) is 9.38 Å². The van der Waals surface area contributed by atoms with Gasteiger partial charge in [-0.1, -0.05) is 97.8 Å². The average molecular weight is 637 g/mol. The van der Waals surface area contributed by atoms with E-state index in [-0.39, 0.29) is 24.6 Å². The molecule has 254 valence electrons. The number of amidine groups is 1. The zero-order valence-electron chi connectivity index (χ0n) is 27.1. The summed E-state index contributed by atoms with van der Waals surface area (Å²) in [6.45, 7) is 5.37. The summed E-state index contributed by atoms with van der Waals surface area (Å²) in [5, 5.41) is 19.7. The first-order valence-electron chi connectivity index (χ1n) is 16.8. The number of hydrogen-bond acceptors (Lipinski definition) is 10. The predicted molar refractivity (Wildman–Crippen MR) is 170 cm³/mol. The van der Waals surface area contributed by atoms with Crippen LogP contribution in [0.2, 0.25) is 0 Å². The van der Waals surface area contributed by atoms with E-state index in [1.165, 1.54) is 56.2 Å². The van der Waals surface area contributed by atoms with Gasteiger partial charge in [-0.05, 0) is 18.8 Å². The van der Waals surface area contributed by atoms with Gasteiger partial charge in [0.1, 0.15) is 24.5 Å². The smallest absolute Gasteiger partial charge is 0.323 e. The van der Waals surface area contributed by atoms with Crippen LogP contribution in [0.4, 0.5) is 4.39 Å². The predicted octanol–water partition coefficient (Wildman–Crippen LogP) is 3.92. The van der Waals surface area contributed by atoms with Gasteiger partial charge in [-0.2, -0.15) is 4.99 Å². The lowest BCUT2D eigenvalue weighted by Gasteiger charge is -2.34. The summed E-state index contributed by atoms with van der Waals surface area (Å²) in [6, 6.07) is -0.960. The van der Waals surface area contributed by atoms with Gasteiger partial charge < -0.3 is 20.3 Å². The number of aliphatic imine (C=N–C) groups is 2. The fourth-order valence-corrected chi connectivity index (χ4v) is 5.95. The number of ether oxygens (including phenoxy) is 2. The van der Waals surface area contributed by atoms with E-state index in [1.807, 2.05) is 13.8 Å². The molecule has 3 rings (SSSR count). The monoisotopic (exact) mass is 636 g/mol. The van der Waals surface area contributed by atoms with Crippen LogP contribution < -0.4 is 11.1 Å². The SMILES string of the molecule is CCCCCCCCCCCCCCC(OC(=O)[C@@H](N)[C@@H](C)CC)C(=O)C12N=CN([C@H]3CC(F)[C@@H](CO)O3)C1=NC(=N)NC2=O. The second-order valence-corrected chi connectivity index (χ2v) is 12.5. The van der Waals surface area contributed by atoms with Gasteiger partial charge in [0, 0.05) is 6.42 Å². The summed E-state index contributed by atoms with van der Waals surface area (Å²) in [6.07, 6.45) is 10.3. The molecule has 0 spiro atoms. The number of aliphatic hydroxyl groups excluding tert-OH is 1. The lowest BCUT2D eigenvalue weighted by Crippen LogP contribution is -2.65. The van der Waals surface area contributed by atoms with Gasteiger partial charge in [0.15, 0.2) is 11.9 Å². The fourth-order valence-electron chi connectivity index (χ4n) is 5.95. The number of nitrogens with one attached hydrogen (secondary N) is 2. The fraction of sp³-hybridized carbons (Fsp3) is 0.812. The molecule has 0 aromatic heterocycles. The molecule has 0 saturated carbocycles. The molecule has 1 fully saturated rings. The molecule has 0 bridgehead atoms. The molecular formula is C32H53FN6O6. The minimum Gasteiger partial charge on any atom is -0.453 e. The van der Waals surface area contributed by atoms with E-state index < -0.39 is 66.4 Å². The van der Waals surface area contributed by atoms with Crippen molar-refractivity contribution in [2.75, 3.05) is 6.61 Å². The molecule has 3 aliphatic heterocycles. The Bertz CT molecular complexity index is 1090. The maximum Gasteiger partial charge on any atom is 0.323 e. The lowest BCUT2D eigenvalue weighted by molar-refractivity contribution is -0.160. The number of unbranched alkanes of at least 4 members (excludes halogenated alkanes) is 11. The van der Waals surface area contributed by atoms with Gasteiger partial charge in [0.2, 0.25) is 11.7 Å². The Morgan fingerprint density at radius 1 is 1.16 bits per heavy atom. The molecule has 0 aliphatic carbocycles. The van der Waals surface area contributed by atoms with E-state index in [0.29, 0.717) is 12.8 Å². The Labute approximate surface area is 266 Å². The van der Waals surface area contributed by atoms with Crippen molar-refractivity contribution in [1.29, 1.82) is 5.41 Å². The molecule has 7 atom stereocenters. The molecule has 1 saturated heterocycles. The molecule has 45 heavy (non-hydrogen) atoms. The van der Waals surface area contributed by atoms with E-state index >= 15 is 0 Å². The van der Waals surface area contributed by atoms with Gasteiger partial charge in [-0.15, -0.1) is 0 Å². The molecule has 5 N–H and O–H groups in total. The van der Waals surface area contributed by atoms with E-state index in [1.54, 1.807) is 0 Å². The van der Waals surface area contributed by atoms with Crippen molar-refractivity contribution < 1.29 is 33.4 Å². The highest BCUT2D eigenvalue weighted by molar-refractivity contribution is 6.39. The van der Waals surface area contributed by atoms with Crippen LogP contribution in [-0.4, -0.2) is 88.6 Å². The highest BCUT2D eigenvalue weighted by atomic mass is 19.1. The standard InChI is InChI=1S/C32H53FN6O6/c1-4-6-7-8-9-10-11-12-13-14-15-16-17-23(45-28(42)26(34)21(3)5-2)27(41)32-29(37-31(35)38-30(32)43)39(20-36-32)25-18-22(33)24(19-40)44-25/h20-26,40H,4-19,34H2,1-3H3,(H2,35,38,43)/t21-,22?,23?,24+,25+,26-,32?/m0/s1. The highest BCUT2D eigenvalue weighted by Gasteiger charge is 2.61. The Morgan fingerprint density at radius 3 is 2.31 bits per heavy atom. The van der Waals surface area contributed by atoms with Crippen LogP contribution in [0.5, 0.6) is 0 Å². The van der Waals surface area contributed by atoms with Crippen molar-refractivity contribution in [1.82, 2.24) is 10.2 Å². The number of alkyl halides is 1. The van der Waals surface area contributed by atoms with Gasteiger partial charge in [-0.3, -0.25) is 30.0 Å². The van der Waals surface area contributed by atoms with Gasteiger partial charge in [0.05, 0.1) is 12.9 Å². The highest BCUT2D eigenvalue weighted by Crippen LogP contribution is 2.34. The number of ketones is 1. The number of carbonyl (C=O) groups excluding carboxylic acids is 3. The number of fused-ring (bicyclic) bond motifs is 1. The molecule has 0 aromatic carbocycles. The van der Waals surface area contributed by atoms with Crippen LogP contribution in [0.1, 0.15) is 117 Å². The third-order valence-corrected chi connectivity index (χ3v) is 9.13. The maximum absolute atomic E-state index is 14.5. The van der Waals surface area contributed by atoms with Crippen molar-refractivity contribution in [2.24, 2.45) is 21.6 Å². The van der Waals surface area contributed by atoms with Crippen molar-refractivity contribution in [3.63, 3.8) is 0 Å². The van der Waals surface area contributed by atoms with E-state index in [9.17, 15) is 23.9 Å². The number of hydrogen-bond donors (Lipinski definition) is 4. The largest absolute Gasteiger partial charge is 0.453 e. The third-order valence-electron chi connectivity index (χ3n) is 9.13. The summed E-state index contributed by atoms with van der Waals surface area (Å²) in [4.78, 5) is 50.4. The van der Waals surface area contributed by atoms with E-state index in [0.717, 1.165) is 25.7 Å². The summed E-state index contributed by atoms with van der Waals surface area (Å²) in [5.41, 5.74) is 3.88.